The number of likely N-dealkylation sites (N-methyl/N-ethyl adjacent to an activating group) is 1. The number of aryl methyl sites for hydroxylation is 1. The van der Waals surface area contributed by atoms with Gasteiger partial charge in [-0.25, -0.2) is 4.39 Å². The number of halogens is 2. The SMILES string of the molecule is COc1cccc(-c2cc(C)nc([C@H]3CC[C@@]4(CCN(C)C4=O)N3)c2)c1F.Cl. The fraction of sp³-hybridized carbons (Fsp3) is 0.429. The van der Waals surface area contributed by atoms with E-state index in [2.05, 4.69) is 10.3 Å². The molecule has 1 amide bonds. The lowest BCUT2D eigenvalue weighted by molar-refractivity contribution is -0.131. The number of hydrogen-bond acceptors (Lipinski definition) is 4. The van der Waals surface area contributed by atoms with E-state index in [-0.39, 0.29) is 35.9 Å². The highest BCUT2D eigenvalue weighted by atomic mass is 35.5. The van der Waals surface area contributed by atoms with Crippen LogP contribution in [0.1, 0.15) is 36.7 Å². The lowest BCUT2D eigenvalue weighted by atomic mass is 9.96. The number of aromatic nitrogens is 1. The lowest BCUT2D eigenvalue weighted by Crippen LogP contribution is -2.47. The van der Waals surface area contributed by atoms with E-state index in [0.29, 0.717) is 5.56 Å². The van der Waals surface area contributed by atoms with Crippen molar-refractivity contribution in [1.82, 2.24) is 15.2 Å². The molecule has 2 aliphatic rings. The highest BCUT2D eigenvalue weighted by molar-refractivity contribution is 5.88. The molecule has 1 N–H and O–H groups in total. The van der Waals surface area contributed by atoms with Crippen molar-refractivity contribution >= 4 is 18.3 Å². The predicted octanol–water partition coefficient (Wildman–Crippen LogP) is 3.65. The molecule has 1 aromatic carbocycles. The van der Waals surface area contributed by atoms with Crippen molar-refractivity contribution in [3.05, 3.63) is 47.5 Å². The first kappa shape index (κ1) is 20.6. The molecule has 150 valence electrons. The van der Waals surface area contributed by atoms with Crippen LogP contribution >= 0.6 is 12.4 Å². The Kier molecular flexibility index (Phi) is 5.64. The standard InChI is InChI=1S/C21H24FN3O2.ClH/c1-13-11-14(15-5-4-6-18(27-3)19(15)22)12-17(23-13)16-7-8-21(24-16)9-10-25(2)20(21)26;/h4-6,11-12,16,24H,7-10H2,1-3H3;1H/t16-,21+;/m1./s1. The summed E-state index contributed by atoms with van der Waals surface area (Å²) in [6.45, 7) is 2.68. The van der Waals surface area contributed by atoms with Crippen molar-refractivity contribution in [3.8, 4) is 16.9 Å². The molecule has 28 heavy (non-hydrogen) atoms. The van der Waals surface area contributed by atoms with E-state index in [1.165, 1.54) is 7.11 Å². The Morgan fingerprint density at radius 1 is 1.32 bits per heavy atom. The molecule has 4 rings (SSSR count). The van der Waals surface area contributed by atoms with Gasteiger partial charge in [0.05, 0.1) is 18.8 Å². The summed E-state index contributed by atoms with van der Waals surface area (Å²) in [5.74, 6) is 0.0118. The molecule has 2 fully saturated rings. The van der Waals surface area contributed by atoms with Crippen molar-refractivity contribution in [2.75, 3.05) is 20.7 Å². The van der Waals surface area contributed by atoms with E-state index >= 15 is 0 Å². The highest BCUT2D eigenvalue weighted by Gasteiger charge is 2.50. The van der Waals surface area contributed by atoms with Crippen molar-refractivity contribution in [1.29, 1.82) is 0 Å². The number of likely N-dealkylation sites (tertiary alicyclic amines) is 1. The summed E-state index contributed by atoms with van der Waals surface area (Å²) in [6.07, 6.45) is 2.47. The van der Waals surface area contributed by atoms with E-state index in [4.69, 9.17) is 4.74 Å². The third-order valence-corrected chi connectivity index (χ3v) is 5.76. The Morgan fingerprint density at radius 3 is 2.79 bits per heavy atom. The van der Waals surface area contributed by atoms with Gasteiger partial charge in [-0.15, -0.1) is 12.4 Å². The van der Waals surface area contributed by atoms with Gasteiger partial charge in [0.25, 0.3) is 0 Å². The average Bonchev–Trinajstić information content (AvgIpc) is 3.21. The molecule has 1 aromatic heterocycles. The number of benzene rings is 1. The zero-order valence-electron chi connectivity index (χ0n) is 16.3. The maximum absolute atomic E-state index is 14.7. The third-order valence-electron chi connectivity index (χ3n) is 5.76. The van der Waals surface area contributed by atoms with E-state index in [0.717, 1.165) is 42.8 Å². The first-order valence-corrected chi connectivity index (χ1v) is 9.28. The lowest BCUT2D eigenvalue weighted by Gasteiger charge is -2.23. The summed E-state index contributed by atoms with van der Waals surface area (Å²) in [4.78, 5) is 19.0. The van der Waals surface area contributed by atoms with Gasteiger partial charge in [-0.2, -0.15) is 0 Å². The molecule has 2 atom stereocenters. The highest BCUT2D eigenvalue weighted by Crippen LogP contribution is 2.39. The molecule has 1 spiro atoms. The van der Waals surface area contributed by atoms with Crippen LogP contribution < -0.4 is 10.1 Å². The number of carbonyl (C=O) groups is 1. The smallest absolute Gasteiger partial charge is 0.242 e. The van der Waals surface area contributed by atoms with Crippen LogP contribution in [0.3, 0.4) is 0 Å². The maximum Gasteiger partial charge on any atom is 0.242 e. The summed E-state index contributed by atoms with van der Waals surface area (Å²) in [7, 11) is 3.31. The Balaban J connectivity index is 0.00000225. The number of hydrogen-bond donors (Lipinski definition) is 1. The van der Waals surface area contributed by atoms with Gasteiger partial charge >= 0.3 is 0 Å². The van der Waals surface area contributed by atoms with Gasteiger partial charge in [0.15, 0.2) is 11.6 Å². The van der Waals surface area contributed by atoms with Gasteiger partial charge in [0.1, 0.15) is 5.54 Å². The molecule has 0 aliphatic carbocycles. The monoisotopic (exact) mass is 405 g/mol. The molecule has 5 nitrogen and oxygen atoms in total. The van der Waals surface area contributed by atoms with Crippen LogP contribution in [-0.4, -0.2) is 42.0 Å². The molecule has 0 saturated carbocycles. The van der Waals surface area contributed by atoms with E-state index in [9.17, 15) is 9.18 Å². The fourth-order valence-electron chi connectivity index (χ4n) is 4.31. The van der Waals surface area contributed by atoms with Crippen LogP contribution in [0.5, 0.6) is 5.75 Å². The van der Waals surface area contributed by atoms with Gasteiger partial charge in [0, 0.05) is 24.8 Å². The molecule has 2 aromatic rings. The number of pyridine rings is 1. The first-order valence-electron chi connectivity index (χ1n) is 9.28. The van der Waals surface area contributed by atoms with Crippen LogP contribution in [0.4, 0.5) is 4.39 Å². The molecule has 0 radical (unpaired) electrons. The zero-order chi connectivity index (χ0) is 19.2. The fourth-order valence-corrected chi connectivity index (χ4v) is 4.31. The zero-order valence-corrected chi connectivity index (χ0v) is 17.1. The number of rotatable bonds is 3. The van der Waals surface area contributed by atoms with Crippen LogP contribution in [0.25, 0.3) is 11.1 Å². The van der Waals surface area contributed by atoms with Gasteiger partial charge in [-0.1, -0.05) is 12.1 Å². The molecular weight excluding hydrogens is 381 g/mol. The second-order valence-electron chi connectivity index (χ2n) is 7.54. The van der Waals surface area contributed by atoms with Gasteiger partial charge in [-0.05, 0) is 49.9 Å². The molecular formula is C21H25ClFN3O2. The number of ether oxygens (including phenoxy) is 1. The number of nitrogens with zero attached hydrogens (tertiary/aromatic N) is 2. The Bertz CT molecular complexity index is 907. The summed E-state index contributed by atoms with van der Waals surface area (Å²) in [5.41, 5.74) is 2.47. The van der Waals surface area contributed by atoms with Crippen LogP contribution in [0.15, 0.2) is 30.3 Å². The molecule has 0 bridgehead atoms. The summed E-state index contributed by atoms with van der Waals surface area (Å²) >= 11 is 0. The number of methoxy groups -OCH3 is 1. The van der Waals surface area contributed by atoms with Crippen molar-refractivity contribution in [2.45, 2.75) is 37.8 Å². The van der Waals surface area contributed by atoms with Crippen LogP contribution in [0.2, 0.25) is 0 Å². The molecule has 2 aliphatic heterocycles. The maximum atomic E-state index is 14.7. The second-order valence-corrected chi connectivity index (χ2v) is 7.54. The van der Waals surface area contributed by atoms with Crippen LogP contribution in [-0.2, 0) is 4.79 Å². The topological polar surface area (TPSA) is 54.5 Å². The van der Waals surface area contributed by atoms with Crippen molar-refractivity contribution in [3.63, 3.8) is 0 Å². The quantitative estimate of drug-likeness (QED) is 0.846. The summed E-state index contributed by atoms with van der Waals surface area (Å²) in [5, 5.41) is 3.53. The van der Waals surface area contributed by atoms with Gasteiger partial charge in [0.2, 0.25) is 5.91 Å². The summed E-state index contributed by atoms with van der Waals surface area (Å²) < 4.78 is 19.8. The number of nitrogens with one attached hydrogen (secondary N) is 1. The third kappa shape index (κ3) is 3.35. The Morgan fingerprint density at radius 2 is 2.11 bits per heavy atom. The molecule has 0 unspecified atom stereocenters. The van der Waals surface area contributed by atoms with Gasteiger partial charge in [-0.3, -0.25) is 15.1 Å². The second kappa shape index (κ2) is 7.68. The number of amides is 1. The Hall–Kier alpha value is -2.18. The molecule has 2 saturated heterocycles. The Labute approximate surface area is 170 Å². The van der Waals surface area contributed by atoms with E-state index in [1.54, 1.807) is 23.1 Å². The minimum atomic E-state index is -0.466. The normalized spacial score (nSPS) is 23.9. The molecule has 7 heteroatoms. The van der Waals surface area contributed by atoms with E-state index in [1.807, 2.05) is 26.1 Å². The van der Waals surface area contributed by atoms with Crippen molar-refractivity contribution in [2.24, 2.45) is 0 Å². The van der Waals surface area contributed by atoms with Gasteiger partial charge < -0.3 is 9.64 Å². The van der Waals surface area contributed by atoms with Crippen LogP contribution in [0, 0.1) is 12.7 Å². The predicted molar refractivity (Wildman–Crippen MR) is 108 cm³/mol. The van der Waals surface area contributed by atoms with Crippen molar-refractivity contribution < 1.29 is 13.9 Å². The minimum absolute atomic E-state index is 0. The minimum Gasteiger partial charge on any atom is -0.494 e. The van der Waals surface area contributed by atoms with E-state index < -0.39 is 5.54 Å². The first-order chi connectivity index (χ1) is 12.9. The largest absolute Gasteiger partial charge is 0.494 e. The summed E-state index contributed by atoms with van der Waals surface area (Å²) in [6, 6.07) is 8.93. The average molecular weight is 406 g/mol. The number of carbonyl (C=O) groups excluding carboxylic acids is 1. The molecule has 3 heterocycles.